The highest BCUT2D eigenvalue weighted by molar-refractivity contribution is 7.16. The number of para-hydroxylation sites is 1. The van der Waals surface area contributed by atoms with Gasteiger partial charge in [0.05, 0.1) is 10.2 Å². The predicted molar refractivity (Wildman–Crippen MR) is 92.7 cm³/mol. The maximum absolute atomic E-state index is 12.5. The van der Waals surface area contributed by atoms with Crippen molar-refractivity contribution in [2.75, 3.05) is 0 Å². The maximum atomic E-state index is 12.5. The van der Waals surface area contributed by atoms with E-state index in [0.717, 1.165) is 27.3 Å². The number of aromatic nitrogens is 3. The minimum Gasteiger partial charge on any atom is -0.317 e. The first-order chi connectivity index (χ1) is 11.0. The lowest BCUT2D eigenvalue weighted by Gasteiger charge is -2.06. The molecule has 23 heavy (non-hydrogen) atoms. The van der Waals surface area contributed by atoms with E-state index in [9.17, 15) is 4.79 Å². The zero-order valence-electron chi connectivity index (χ0n) is 13.8. The van der Waals surface area contributed by atoms with Gasteiger partial charge in [0.2, 0.25) is 0 Å². The normalized spacial score (nSPS) is 12.5. The van der Waals surface area contributed by atoms with Crippen LogP contribution in [-0.4, -0.2) is 20.3 Å². The molecular formula is C17H20N4OS. The van der Waals surface area contributed by atoms with Crippen LogP contribution >= 0.6 is 11.3 Å². The van der Waals surface area contributed by atoms with Crippen LogP contribution in [0.2, 0.25) is 0 Å². The molecule has 1 amide bonds. The molecule has 3 rings (SSSR count). The van der Waals surface area contributed by atoms with Gasteiger partial charge in [-0.3, -0.25) is 9.48 Å². The smallest absolute Gasteiger partial charge is 0.300 e. The Morgan fingerprint density at radius 1 is 1.35 bits per heavy atom. The molecule has 0 unspecified atom stereocenters. The van der Waals surface area contributed by atoms with Crippen LogP contribution in [-0.2, 0) is 6.54 Å². The lowest BCUT2D eigenvalue weighted by Crippen LogP contribution is -2.16. The zero-order chi connectivity index (χ0) is 16.6. The Bertz CT molecular complexity index is 930. The van der Waals surface area contributed by atoms with Gasteiger partial charge in [0, 0.05) is 18.3 Å². The molecule has 0 radical (unpaired) electrons. The van der Waals surface area contributed by atoms with Crippen molar-refractivity contribution in [1.82, 2.24) is 14.3 Å². The van der Waals surface area contributed by atoms with E-state index in [4.69, 9.17) is 0 Å². The SMILES string of the molecule is CCn1c(=NC(=O)c2cc(C)n(C(C)C)n2)sc2ccccc21. The van der Waals surface area contributed by atoms with E-state index in [-0.39, 0.29) is 11.9 Å². The number of benzene rings is 1. The molecule has 2 heterocycles. The predicted octanol–water partition coefficient (Wildman–Crippen LogP) is 3.55. The van der Waals surface area contributed by atoms with Crippen molar-refractivity contribution in [1.29, 1.82) is 0 Å². The van der Waals surface area contributed by atoms with Crippen molar-refractivity contribution in [2.45, 2.75) is 40.3 Å². The third kappa shape index (κ3) is 2.86. The summed E-state index contributed by atoms with van der Waals surface area (Å²) in [6, 6.07) is 10.1. The summed E-state index contributed by atoms with van der Waals surface area (Å²) in [5.41, 5.74) is 2.48. The van der Waals surface area contributed by atoms with E-state index in [1.54, 1.807) is 6.07 Å². The molecule has 0 saturated carbocycles. The summed E-state index contributed by atoms with van der Waals surface area (Å²) >= 11 is 1.53. The van der Waals surface area contributed by atoms with Gasteiger partial charge in [0.1, 0.15) is 0 Å². The molecule has 5 nitrogen and oxygen atoms in total. The average Bonchev–Trinajstić information content (AvgIpc) is 3.07. The van der Waals surface area contributed by atoms with Gasteiger partial charge < -0.3 is 4.57 Å². The van der Waals surface area contributed by atoms with E-state index < -0.39 is 0 Å². The van der Waals surface area contributed by atoms with Gasteiger partial charge in [-0.25, -0.2) is 0 Å². The first-order valence-electron chi connectivity index (χ1n) is 7.74. The van der Waals surface area contributed by atoms with Crippen molar-refractivity contribution < 1.29 is 4.79 Å². The highest BCUT2D eigenvalue weighted by Crippen LogP contribution is 2.17. The molecule has 0 aliphatic rings. The number of fused-ring (bicyclic) bond motifs is 1. The third-order valence-corrected chi connectivity index (χ3v) is 4.79. The van der Waals surface area contributed by atoms with Crippen LogP contribution in [0.25, 0.3) is 10.2 Å². The molecular weight excluding hydrogens is 308 g/mol. The lowest BCUT2D eigenvalue weighted by atomic mass is 10.3. The first kappa shape index (κ1) is 15.7. The summed E-state index contributed by atoms with van der Waals surface area (Å²) in [6.07, 6.45) is 0. The summed E-state index contributed by atoms with van der Waals surface area (Å²) < 4.78 is 5.04. The Morgan fingerprint density at radius 3 is 2.74 bits per heavy atom. The number of amides is 1. The molecule has 0 atom stereocenters. The van der Waals surface area contributed by atoms with Gasteiger partial charge in [-0.05, 0) is 45.9 Å². The molecule has 1 aromatic carbocycles. The van der Waals surface area contributed by atoms with Crippen LogP contribution in [0, 0.1) is 6.92 Å². The summed E-state index contributed by atoms with van der Waals surface area (Å²) in [6.45, 7) is 8.87. The van der Waals surface area contributed by atoms with Gasteiger partial charge in [0.25, 0.3) is 5.91 Å². The number of aryl methyl sites for hydroxylation is 2. The highest BCUT2D eigenvalue weighted by Gasteiger charge is 2.14. The minimum absolute atomic E-state index is 0.224. The van der Waals surface area contributed by atoms with Crippen LogP contribution in [0.4, 0.5) is 0 Å². The number of carbonyl (C=O) groups excluding carboxylic acids is 1. The van der Waals surface area contributed by atoms with E-state index in [2.05, 4.69) is 27.6 Å². The number of carbonyl (C=O) groups is 1. The first-order valence-corrected chi connectivity index (χ1v) is 8.56. The Labute approximate surface area is 138 Å². The second kappa shape index (κ2) is 6.12. The number of nitrogens with zero attached hydrogens (tertiary/aromatic N) is 4. The molecule has 0 aliphatic heterocycles. The standard InChI is InChI=1S/C17H20N4OS/c1-5-20-14-8-6-7-9-15(14)23-17(20)18-16(22)13-10-12(4)21(19-13)11(2)3/h6-11H,5H2,1-4H3. The second-order valence-electron chi connectivity index (χ2n) is 5.72. The quantitative estimate of drug-likeness (QED) is 0.738. The Hall–Kier alpha value is -2.21. The summed E-state index contributed by atoms with van der Waals surface area (Å²) in [5.74, 6) is -0.291. The molecule has 6 heteroatoms. The van der Waals surface area contributed by atoms with Crippen LogP contribution in [0.1, 0.15) is 43.0 Å². The molecule has 0 aliphatic carbocycles. The average molecular weight is 328 g/mol. The van der Waals surface area contributed by atoms with Crippen molar-refractivity contribution >= 4 is 27.5 Å². The zero-order valence-corrected chi connectivity index (χ0v) is 14.6. The van der Waals surface area contributed by atoms with E-state index in [1.165, 1.54) is 11.3 Å². The summed E-state index contributed by atoms with van der Waals surface area (Å²) in [4.78, 5) is 17.5. The van der Waals surface area contributed by atoms with Crippen LogP contribution < -0.4 is 4.80 Å². The second-order valence-corrected chi connectivity index (χ2v) is 6.73. The van der Waals surface area contributed by atoms with Crippen molar-refractivity contribution in [3.05, 3.63) is 46.5 Å². The molecule has 0 spiro atoms. The van der Waals surface area contributed by atoms with Crippen molar-refractivity contribution in [2.24, 2.45) is 4.99 Å². The highest BCUT2D eigenvalue weighted by atomic mass is 32.1. The maximum Gasteiger partial charge on any atom is 0.300 e. The molecule has 2 aromatic heterocycles. The van der Waals surface area contributed by atoms with Crippen LogP contribution in [0.5, 0.6) is 0 Å². The summed E-state index contributed by atoms with van der Waals surface area (Å²) in [5, 5.41) is 4.38. The monoisotopic (exact) mass is 328 g/mol. The van der Waals surface area contributed by atoms with E-state index in [1.807, 2.05) is 43.7 Å². The van der Waals surface area contributed by atoms with Crippen LogP contribution in [0.3, 0.4) is 0 Å². The molecule has 0 saturated heterocycles. The number of hydrogen-bond acceptors (Lipinski definition) is 3. The van der Waals surface area contributed by atoms with Gasteiger partial charge in [0.15, 0.2) is 10.5 Å². The number of rotatable bonds is 3. The van der Waals surface area contributed by atoms with Gasteiger partial charge in [-0.1, -0.05) is 23.5 Å². The molecule has 3 aromatic rings. The van der Waals surface area contributed by atoms with E-state index in [0.29, 0.717) is 5.69 Å². The lowest BCUT2D eigenvalue weighted by molar-refractivity contribution is 0.0992. The topological polar surface area (TPSA) is 52.2 Å². The third-order valence-electron chi connectivity index (χ3n) is 3.73. The van der Waals surface area contributed by atoms with Gasteiger partial charge >= 0.3 is 0 Å². The fourth-order valence-electron chi connectivity index (χ4n) is 2.67. The summed E-state index contributed by atoms with van der Waals surface area (Å²) in [7, 11) is 0. The Balaban J connectivity index is 2.08. The Kier molecular flexibility index (Phi) is 4.17. The number of hydrogen-bond donors (Lipinski definition) is 0. The molecule has 0 bridgehead atoms. The molecule has 120 valence electrons. The number of thiazole rings is 1. The van der Waals surface area contributed by atoms with Gasteiger partial charge in [-0.2, -0.15) is 10.1 Å². The van der Waals surface area contributed by atoms with Gasteiger partial charge in [-0.15, -0.1) is 0 Å². The van der Waals surface area contributed by atoms with E-state index >= 15 is 0 Å². The molecule has 0 fully saturated rings. The van der Waals surface area contributed by atoms with Crippen LogP contribution in [0.15, 0.2) is 35.3 Å². The fourth-order valence-corrected chi connectivity index (χ4v) is 3.76. The Morgan fingerprint density at radius 2 is 2.09 bits per heavy atom. The fraction of sp³-hybridized carbons (Fsp3) is 0.353. The minimum atomic E-state index is -0.291. The van der Waals surface area contributed by atoms with Crippen molar-refractivity contribution in [3.8, 4) is 0 Å². The largest absolute Gasteiger partial charge is 0.317 e. The molecule has 0 N–H and O–H groups in total. The van der Waals surface area contributed by atoms with Crippen molar-refractivity contribution in [3.63, 3.8) is 0 Å².